The number of halogens is 1. The Hall–Kier alpha value is -1.65. The van der Waals surface area contributed by atoms with Crippen LogP contribution >= 0.6 is 15.9 Å². The molecule has 1 amide bonds. The van der Waals surface area contributed by atoms with Gasteiger partial charge in [0.15, 0.2) is 0 Å². The van der Waals surface area contributed by atoms with E-state index in [1.54, 1.807) is 0 Å². The maximum absolute atomic E-state index is 12.1. The van der Waals surface area contributed by atoms with Crippen LogP contribution in [0.5, 0.6) is 0 Å². The van der Waals surface area contributed by atoms with Gasteiger partial charge in [-0.3, -0.25) is 4.79 Å². The van der Waals surface area contributed by atoms with Crippen molar-refractivity contribution in [2.45, 2.75) is 19.4 Å². The Morgan fingerprint density at radius 3 is 2.60 bits per heavy atom. The summed E-state index contributed by atoms with van der Waals surface area (Å²) in [7, 11) is 0. The highest BCUT2D eigenvalue weighted by atomic mass is 79.9. The number of aryl methyl sites for hydroxylation is 1. The fourth-order valence-corrected chi connectivity index (χ4v) is 2.43. The Kier molecular flexibility index (Phi) is 4.93. The van der Waals surface area contributed by atoms with Crippen LogP contribution in [-0.2, 0) is 11.2 Å². The van der Waals surface area contributed by atoms with Gasteiger partial charge < -0.3 is 11.1 Å². The summed E-state index contributed by atoms with van der Waals surface area (Å²) in [5.74, 6) is -0.167. The third-order valence-corrected chi connectivity index (χ3v) is 3.57. The van der Waals surface area contributed by atoms with Crippen LogP contribution in [0, 0.1) is 6.92 Å². The third-order valence-electron chi connectivity index (χ3n) is 3.08. The van der Waals surface area contributed by atoms with Crippen LogP contribution in [-0.4, -0.2) is 11.9 Å². The lowest BCUT2D eigenvalue weighted by Crippen LogP contribution is -2.37. The second kappa shape index (κ2) is 6.68. The van der Waals surface area contributed by atoms with Gasteiger partial charge in [-0.25, -0.2) is 0 Å². The second-order valence-electron chi connectivity index (χ2n) is 4.74. The van der Waals surface area contributed by atoms with E-state index in [-0.39, 0.29) is 5.91 Å². The first-order chi connectivity index (χ1) is 9.56. The van der Waals surface area contributed by atoms with Crippen molar-refractivity contribution >= 4 is 27.5 Å². The maximum Gasteiger partial charge on any atom is 0.241 e. The summed E-state index contributed by atoms with van der Waals surface area (Å²) >= 11 is 3.40. The van der Waals surface area contributed by atoms with Gasteiger partial charge in [-0.15, -0.1) is 0 Å². The molecular formula is C16H17BrN2O. The summed E-state index contributed by atoms with van der Waals surface area (Å²) in [6.07, 6.45) is 0.530. The lowest BCUT2D eigenvalue weighted by molar-refractivity contribution is -0.117. The molecular weight excluding hydrogens is 316 g/mol. The maximum atomic E-state index is 12.1. The van der Waals surface area contributed by atoms with Crippen molar-refractivity contribution in [3.05, 3.63) is 64.1 Å². The smallest absolute Gasteiger partial charge is 0.241 e. The molecule has 0 fully saturated rings. The molecule has 2 rings (SSSR count). The topological polar surface area (TPSA) is 55.1 Å². The van der Waals surface area contributed by atoms with E-state index in [4.69, 9.17) is 5.73 Å². The van der Waals surface area contributed by atoms with Crippen molar-refractivity contribution in [3.63, 3.8) is 0 Å². The van der Waals surface area contributed by atoms with Gasteiger partial charge in [-0.1, -0.05) is 46.3 Å². The predicted octanol–water partition coefficient (Wildman–Crippen LogP) is 3.27. The van der Waals surface area contributed by atoms with Crippen molar-refractivity contribution in [3.8, 4) is 0 Å². The van der Waals surface area contributed by atoms with Gasteiger partial charge in [0.25, 0.3) is 0 Å². The molecule has 0 unspecified atom stereocenters. The van der Waals surface area contributed by atoms with Crippen LogP contribution in [0.3, 0.4) is 0 Å². The third kappa shape index (κ3) is 3.92. The van der Waals surface area contributed by atoms with Gasteiger partial charge in [-0.2, -0.15) is 0 Å². The lowest BCUT2D eigenvalue weighted by Gasteiger charge is -2.14. The number of nitrogens with two attached hydrogens (primary N) is 1. The first kappa shape index (κ1) is 14.8. The van der Waals surface area contributed by atoms with Crippen LogP contribution in [0.1, 0.15) is 11.1 Å². The zero-order chi connectivity index (χ0) is 14.5. The monoisotopic (exact) mass is 332 g/mol. The summed E-state index contributed by atoms with van der Waals surface area (Å²) in [4.78, 5) is 12.1. The van der Waals surface area contributed by atoms with Gasteiger partial charge in [0.2, 0.25) is 5.91 Å². The number of carbonyl (C=O) groups excluding carboxylic acids is 1. The molecule has 4 heteroatoms. The molecule has 20 heavy (non-hydrogen) atoms. The number of nitrogens with one attached hydrogen (secondary N) is 1. The van der Waals surface area contributed by atoms with Crippen LogP contribution < -0.4 is 11.1 Å². The molecule has 0 aliphatic rings. The van der Waals surface area contributed by atoms with E-state index >= 15 is 0 Å². The number of carbonyl (C=O) groups is 1. The van der Waals surface area contributed by atoms with E-state index in [2.05, 4.69) is 21.2 Å². The zero-order valence-electron chi connectivity index (χ0n) is 11.3. The van der Waals surface area contributed by atoms with Crippen molar-refractivity contribution in [1.29, 1.82) is 0 Å². The molecule has 0 aliphatic heterocycles. The van der Waals surface area contributed by atoms with E-state index in [0.29, 0.717) is 6.42 Å². The van der Waals surface area contributed by atoms with Crippen LogP contribution in [0.4, 0.5) is 5.69 Å². The average Bonchev–Trinajstić information content (AvgIpc) is 2.43. The van der Waals surface area contributed by atoms with Gasteiger partial charge in [0, 0.05) is 10.2 Å². The molecule has 0 saturated heterocycles. The standard InChI is InChI=1S/C16H17BrN2O/c1-11-9-13(17)7-8-15(11)19-16(20)14(18)10-12-5-3-2-4-6-12/h2-9,14H,10,18H2,1H3,(H,19,20)/t14-/m0/s1. The SMILES string of the molecule is Cc1cc(Br)ccc1NC(=O)[C@@H](N)Cc1ccccc1. The largest absolute Gasteiger partial charge is 0.324 e. The summed E-state index contributed by atoms with van der Waals surface area (Å²) in [5, 5.41) is 2.87. The molecule has 0 bridgehead atoms. The Balaban J connectivity index is 2.01. The number of anilines is 1. The van der Waals surface area contributed by atoms with Crippen molar-refractivity contribution in [1.82, 2.24) is 0 Å². The molecule has 0 spiro atoms. The van der Waals surface area contributed by atoms with E-state index in [1.807, 2.05) is 55.5 Å². The number of rotatable bonds is 4. The molecule has 0 aliphatic carbocycles. The van der Waals surface area contributed by atoms with Gasteiger partial charge in [0.1, 0.15) is 0 Å². The minimum absolute atomic E-state index is 0.167. The van der Waals surface area contributed by atoms with Crippen LogP contribution in [0.2, 0.25) is 0 Å². The first-order valence-corrected chi connectivity index (χ1v) is 7.22. The molecule has 2 aromatic rings. The highest BCUT2D eigenvalue weighted by Gasteiger charge is 2.14. The molecule has 0 radical (unpaired) electrons. The van der Waals surface area contributed by atoms with E-state index in [0.717, 1.165) is 21.3 Å². The molecule has 3 N–H and O–H groups in total. The Labute approximate surface area is 127 Å². The number of amides is 1. The summed E-state index contributed by atoms with van der Waals surface area (Å²) < 4.78 is 0.988. The zero-order valence-corrected chi connectivity index (χ0v) is 12.9. The van der Waals surface area contributed by atoms with Crippen LogP contribution in [0.25, 0.3) is 0 Å². The highest BCUT2D eigenvalue weighted by molar-refractivity contribution is 9.10. The molecule has 0 saturated carbocycles. The van der Waals surface area contributed by atoms with E-state index in [1.165, 1.54) is 0 Å². The molecule has 0 aromatic heterocycles. The van der Waals surface area contributed by atoms with Crippen molar-refractivity contribution < 1.29 is 4.79 Å². The summed E-state index contributed by atoms with van der Waals surface area (Å²) in [5.41, 5.74) is 8.81. The van der Waals surface area contributed by atoms with Crippen molar-refractivity contribution in [2.75, 3.05) is 5.32 Å². The fourth-order valence-electron chi connectivity index (χ4n) is 1.95. The van der Waals surface area contributed by atoms with Gasteiger partial charge in [0.05, 0.1) is 6.04 Å². The van der Waals surface area contributed by atoms with E-state index < -0.39 is 6.04 Å². The van der Waals surface area contributed by atoms with Crippen LogP contribution in [0.15, 0.2) is 53.0 Å². The Morgan fingerprint density at radius 2 is 1.95 bits per heavy atom. The quantitative estimate of drug-likeness (QED) is 0.902. The normalized spacial score (nSPS) is 11.9. The summed E-state index contributed by atoms with van der Waals surface area (Å²) in [6.45, 7) is 1.95. The van der Waals surface area contributed by atoms with Gasteiger partial charge >= 0.3 is 0 Å². The Morgan fingerprint density at radius 1 is 1.25 bits per heavy atom. The number of hydrogen-bond donors (Lipinski definition) is 2. The lowest BCUT2D eigenvalue weighted by atomic mass is 10.1. The van der Waals surface area contributed by atoms with E-state index in [9.17, 15) is 4.79 Å². The Bertz CT molecular complexity index is 599. The molecule has 0 heterocycles. The van der Waals surface area contributed by atoms with Crippen molar-refractivity contribution in [2.24, 2.45) is 5.73 Å². The van der Waals surface area contributed by atoms with Gasteiger partial charge in [-0.05, 0) is 42.7 Å². The fraction of sp³-hybridized carbons (Fsp3) is 0.188. The minimum atomic E-state index is -0.555. The molecule has 1 atom stereocenters. The average molecular weight is 333 g/mol. The number of hydrogen-bond acceptors (Lipinski definition) is 2. The highest BCUT2D eigenvalue weighted by Crippen LogP contribution is 2.20. The molecule has 3 nitrogen and oxygen atoms in total. The number of benzene rings is 2. The summed E-state index contributed by atoms with van der Waals surface area (Å²) in [6, 6.07) is 14.9. The predicted molar refractivity (Wildman–Crippen MR) is 85.6 cm³/mol. The first-order valence-electron chi connectivity index (χ1n) is 6.43. The molecule has 104 valence electrons. The molecule has 2 aromatic carbocycles. The second-order valence-corrected chi connectivity index (χ2v) is 5.66. The minimum Gasteiger partial charge on any atom is -0.324 e.